The number of hydrogen-bond donors (Lipinski definition) is 1. The van der Waals surface area contributed by atoms with Crippen LogP contribution in [-0.4, -0.2) is 48.0 Å². The molecule has 0 spiro atoms. The zero-order chi connectivity index (χ0) is 15.9. The Morgan fingerprint density at radius 2 is 2.14 bits per heavy atom. The summed E-state index contributed by atoms with van der Waals surface area (Å²) in [5.74, 6) is 1.71. The summed E-state index contributed by atoms with van der Waals surface area (Å²) in [7, 11) is 0. The van der Waals surface area contributed by atoms with E-state index in [1.807, 2.05) is 37.1 Å². The van der Waals surface area contributed by atoms with E-state index in [9.17, 15) is 4.79 Å². The molecule has 2 N–H and O–H groups in total. The lowest BCUT2D eigenvalue weighted by Crippen LogP contribution is -2.47. The van der Waals surface area contributed by atoms with Crippen LogP contribution in [-0.2, 0) is 4.79 Å². The molecule has 0 radical (unpaired) electrons. The first kappa shape index (κ1) is 16.7. The maximum atomic E-state index is 12.2. The molecule has 1 atom stereocenters. The first-order valence-corrected chi connectivity index (χ1v) is 8.36. The first-order chi connectivity index (χ1) is 10.7. The van der Waals surface area contributed by atoms with Crippen molar-refractivity contribution in [2.75, 3.05) is 31.1 Å². The molecule has 0 unspecified atom stereocenters. The van der Waals surface area contributed by atoms with Gasteiger partial charge in [-0.05, 0) is 44.2 Å². The molecule has 1 aromatic heterocycles. The van der Waals surface area contributed by atoms with Crippen LogP contribution in [0.4, 0.5) is 5.82 Å². The van der Waals surface area contributed by atoms with E-state index in [0.717, 1.165) is 44.8 Å². The lowest BCUT2D eigenvalue weighted by molar-refractivity contribution is -0.133. The highest BCUT2D eigenvalue weighted by atomic mass is 16.2. The van der Waals surface area contributed by atoms with Crippen molar-refractivity contribution in [2.45, 2.75) is 39.2 Å². The van der Waals surface area contributed by atoms with Gasteiger partial charge < -0.3 is 15.5 Å². The molecule has 2 heterocycles. The molecule has 122 valence electrons. The van der Waals surface area contributed by atoms with Crippen molar-refractivity contribution in [3.05, 3.63) is 24.4 Å². The molecule has 0 aliphatic carbocycles. The highest BCUT2D eigenvalue weighted by Gasteiger charge is 2.25. The van der Waals surface area contributed by atoms with E-state index >= 15 is 0 Å². The van der Waals surface area contributed by atoms with Gasteiger partial charge in [-0.2, -0.15) is 0 Å². The molecular formula is C17H28N4O. The van der Waals surface area contributed by atoms with E-state index in [2.05, 4.69) is 16.0 Å². The van der Waals surface area contributed by atoms with Crippen molar-refractivity contribution in [2.24, 2.45) is 11.7 Å². The lowest BCUT2D eigenvalue weighted by Gasteiger charge is -2.35. The van der Waals surface area contributed by atoms with E-state index < -0.39 is 0 Å². The fraction of sp³-hybridized carbons (Fsp3) is 0.647. The molecule has 1 fully saturated rings. The van der Waals surface area contributed by atoms with E-state index in [1.165, 1.54) is 0 Å². The van der Waals surface area contributed by atoms with Gasteiger partial charge in [0.05, 0.1) is 6.04 Å². The van der Waals surface area contributed by atoms with Crippen LogP contribution in [0.1, 0.15) is 33.1 Å². The molecule has 22 heavy (non-hydrogen) atoms. The Labute approximate surface area is 133 Å². The van der Waals surface area contributed by atoms with Gasteiger partial charge in [0.15, 0.2) is 0 Å². The summed E-state index contributed by atoms with van der Waals surface area (Å²) in [5, 5.41) is 0. The molecule has 1 aliphatic rings. The Bertz CT molecular complexity index is 457. The molecular weight excluding hydrogens is 276 g/mol. The third kappa shape index (κ3) is 4.19. The predicted molar refractivity (Wildman–Crippen MR) is 89.7 cm³/mol. The monoisotopic (exact) mass is 304 g/mol. The van der Waals surface area contributed by atoms with Gasteiger partial charge in [0, 0.05) is 32.4 Å². The highest BCUT2D eigenvalue weighted by Crippen LogP contribution is 2.22. The summed E-state index contributed by atoms with van der Waals surface area (Å²) >= 11 is 0. The zero-order valence-corrected chi connectivity index (χ0v) is 13.7. The number of hydrogen-bond acceptors (Lipinski definition) is 4. The molecule has 0 aromatic carbocycles. The van der Waals surface area contributed by atoms with Gasteiger partial charge in [-0.15, -0.1) is 0 Å². The predicted octanol–water partition coefficient (Wildman–Crippen LogP) is 1.88. The summed E-state index contributed by atoms with van der Waals surface area (Å²) in [5.41, 5.74) is 5.89. The van der Waals surface area contributed by atoms with Gasteiger partial charge >= 0.3 is 0 Å². The van der Waals surface area contributed by atoms with Crippen LogP contribution in [0.2, 0.25) is 0 Å². The molecule has 0 saturated carbocycles. The minimum absolute atomic E-state index is 0.0946. The Morgan fingerprint density at radius 3 is 2.68 bits per heavy atom. The number of carbonyl (C=O) groups excluding carboxylic acids is 1. The van der Waals surface area contributed by atoms with Gasteiger partial charge in [-0.3, -0.25) is 4.79 Å². The van der Waals surface area contributed by atoms with Crippen molar-refractivity contribution < 1.29 is 4.79 Å². The average Bonchev–Trinajstić information content (AvgIpc) is 2.59. The third-order valence-electron chi connectivity index (χ3n) is 4.52. The van der Waals surface area contributed by atoms with Crippen molar-refractivity contribution in [1.29, 1.82) is 0 Å². The topological polar surface area (TPSA) is 62.5 Å². The molecule has 1 saturated heterocycles. The van der Waals surface area contributed by atoms with E-state index in [4.69, 9.17) is 5.73 Å². The second-order valence-electron chi connectivity index (χ2n) is 6.01. The highest BCUT2D eigenvalue weighted by molar-refractivity contribution is 5.81. The van der Waals surface area contributed by atoms with Crippen LogP contribution in [0.15, 0.2) is 24.4 Å². The van der Waals surface area contributed by atoms with Gasteiger partial charge in [0.2, 0.25) is 5.91 Å². The van der Waals surface area contributed by atoms with Crippen LogP contribution in [0.25, 0.3) is 0 Å². The Morgan fingerprint density at radius 1 is 1.41 bits per heavy atom. The Balaban J connectivity index is 1.85. The van der Waals surface area contributed by atoms with Crippen molar-refractivity contribution in [1.82, 2.24) is 9.88 Å². The minimum Gasteiger partial charge on any atom is -0.357 e. The summed E-state index contributed by atoms with van der Waals surface area (Å²) < 4.78 is 0. The SMILES string of the molecule is CC[C@H](N)C(=O)N(CC)CC1CCN(c2ccccn2)CC1. The Hall–Kier alpha value is -1.62. The summed E-state index contributed by atoms with van der Waals surface area (Å²) in [6.07, 6.45) is 4.74. The maximum absolute atomic E-state index is 12.2. The molecule has 5 nitrogen and oxygen atoms in total. The number of nitrogens with two attached hydrogens (primary N) is 1. The van der Waals surface area contributed by atoms with Gasteiger partial charge in [0.25, 0.3) is 0 Å². The summed E-state index contributed by atoms with van der Waals surface area (Å²) in [6.45, 7) is 7.58. The normalized spacial score (nSPS) is 17.3. The summed E-state index contributed by atoms with van der Waals surface area (Å²) in [6, 6.07) is 5.67. The zero-order valence-electron chi connectivity index (χ0n) is 13.7. The van der Waals surface area contributed by atoms with Gasteiger partial charge in [-0.1, -0.05) is 13.0 Å². The average molecular weight is 304 g/mol. The number of anilines is 1. The van der Waals surface area contributed by atoms with Gasteiger partial charge in [0.1, 0.15) is 5.82 Å². The number of nitrogens with zero attached hydrogens (tertiary/aromatic N) is 3. The maximum Gasteiger partial charge on any atom is 0.239 e. The largest absolute Gasteiger partial charge is 0.357 e. The molecule has 2 rings (SSSR count). The molecule has 1 aromatic rings. The fourth-order valence-electron chi connectivity index (χ4n) is 2.98. The first-order valence-electron chi connectivity index (χ1n) is 8.36. The Kier molecular flexibility index (Phi) is 6.19. The minimum atomic E-state index is -0.353. The fourth-order valence-corrected chi connectivity index (χ4v) is 2.98. The van der Waals surface area contributed by atoms with E-state index in [0.29, 0.717) is 12.3 Å². The number of aromatic nitrogens is 1. The number of carbonyl (C=O) groups is 1. The quantitative estimate of drug-likeness (QED) is 0.871. The second kappa shape index (κ2) is 8.13. The smallest absolute Gasteiger partial charge is 0.239 e. The summed E-state index contributed by atoms with van der Waals surface area (Å²) in [4.78, 5) is 20.9. The molecule has 1 aliphatic heterocycles. The van der Waals surface area contributed by atoms with Crippen molar-refractivity contribution in [3.63, 3.8) is 0 Å². The van der Waals surface area contributed by atoms with Gasteiger partial charge in [-0.25, -0.2) is 4.98 Å². The second-order valence-corrected chi connectivity index (χ2v) is 6.01. The number of likely N-dealkylation sites (N-methyl/N-ethyl adjacent to an activating group) is 1. The van der Waals surface area contributed by atoms with E-state index in [-0.39, 0.29) is 11.9 Å². The van der Waals surface area contributed by atoms with Crippen molar-refractivity contribution >= 4 is 11.7 Å². The van der Waals surface area contributed by atoms with Crippen LogP contribution >= 0.6 is 0 Å². The standard InChI is InChI=1S/C17H28N4O/c1-3-15(18)17(22)20(4-2)13-14-8-11-21(12-9-14)16-7-5-6-10-19-16/h5-7,10,14-15H,3-4,8-9,11-13,18H2,1-2H3/t15-/m0/s1. The number of pyridine rings is 1. The van der Waals surface area contributed by atoms with Crippen molar-refractivity contribution in [3.8, 4) is 0 Å². The van der Waals surface area contributed by atoms with Crippen LogP contribution in [0.3, 0.4) is 0 Å². The number of rotatable bonds is 6. The number of piperidine rings is 1. The third-order valence-corrected chi connectivity index (χ3v) is 4.52. The molecule has 5 heteroatoms. The van der Waals surface area contributed by atoms with Crippen LogP contribution in [0.5, 0.6) is 0 Å². The molecule has 0 bridgehead atoms. The van der Waals surface area contributed by atoms with E-state index in [1.54, 1.807) is 0 Å². The van der Waals surface area contributed by atoms with Crippen LogP contribution < -0.4 is 10.6 Å². The molecule has 1 amide bonds. The van der Waals surface area contributed by atoms with Crippen LogP contribution in [0, 0.1) is 5.92 Å². The number of amides is 1. The lowest BCUT2D eigenvalue weighted by atomic mass is 9.95.